The fraction of sp³-hybridized carbons (Fsp3) is 0.0625. The first-order chi connectivity index (χ1) is 10.1. The average Bonchev–Trinajstić information content (AvgIpc) is 2.77. The predicted molar refractivity (Wildman–Crippen MR) is 78.4 cm³/mol. The molecule has 21 heavy (non-hydrogen) atoms. The SMILES string of the molecule is Cn1nc(-c2ccc(F)cc2)c(-c2ccc(F)cc2)c1N. The lowest BCUT2D eigenvalue weighted by molar-refractivity contribution is 0.627. The highest BCUT2D eigenvalue weighted by atomic mass is 19.1. The zero-order valence-electron chi connectivity index (χ0n) is 11.3. The maximum Gasteiger partial charge on any atom is 0.129 e. The van der Waals surface area contributed by atoms with Crippen LogP contribution in [0.1, 0.15) is 0 Å². The molecule has 0 unspecified atom stereocenters. The van der Waals surface area contributed by atoms with Gasteiger partial charge < -0.3 is 5.73 Å². The van der Waals surface area contributed by atoms with E-state index in [0.717, 1.165) is 11.1 Å². The first-order valence-corrected chi connectivity index (χ1v) is 6.40. The van der Waals surface area contributed by atoms with Gasteiger partial charge in [0.15, 0.2) is 0 Å². The van der Waals surface area contributed by atoms with Gasteiger partial charge in [0.05, 0.1) is 5.56 Å². The molecule has 0 atom stereocenters. The summed E-state index contributed by atoms with van der Waals surface area (Å²) >= 11 is 0. The largest absolute Gasteiger partial charge is 0.383 e. The number of nitrogens with two attached hydrogens (primary N) is 1. The topological polar surface area (TPSA) is 43.8 Å². The van der Waals surface area contributed by atoms with Crippen LogP contribution in [0, 0.1) is 11.6 Å². The van der Waals surface area contributed by atoms with Crippen LogP contribution in [0.2, 0.25) is 0 Å². The summed E-state index contributed by atoms with van der Waals surface area (Å²) in [5.41, 5.74) is 8.94. The molecule has 106 valence electrons. The summed E-state index contributed by atoms with van der Waals surface area (Å²) < 4.78 is 27.7. The van der Waals surface area contributed by atoms with Crippen molar-refractivity contribution in [1.29, 1.82) is 0 Å². The van der Waals surface area contributed by atoms with Gasteiger partial charge in [-0.25, -0.2) is 8.78 Å². The van der Waals surface area contributed by atoms with E-state index in [2.05, 4.69) is 5.10 Å². The molecule has 0 amide bonds. The summed E-state index contributed by atoms with van der Waals surface area (Å²) in [4.78, 5) is 0. The van der Waals surface area contributed by atoms with E-state index in [1.54, 1.807) is 36.0 Å². The van der Waals surface area contributed by atoms with E-state index in [1.807, 2.05) is 0 Å². The Morgan fingerprint density at radius 3 is 1.86 bits per heavy atom. The smallest absolute Gasteiger partial charge is 0.129 e. The molecule has 3 nitrogen and oxygen atoms in total. The number of anilines is 1. The fourth-order valence-electron chi connectivity index (χ4n) is 2.25. The Balaban J connectivity index is 2.20. The molecule has 0 radical (unpaired) electrons. The van der Waals surface area contributed by atoms with Crippen LogP contribution in [-0.4, -0.2) is 9.78 Å². The third kappa shape index (κ3) is 2.38. The van der Waals surface area contributed by atoms with Crippen LogP contribution in [0.15, 0.2) is 48.5 Å². The minimum Gasteiger partial charge on any atom is -0.383 e. The quantitative estimate of drug-likeness (QED) is 0.781. The number of aryl methyl sites for hydroxylation is 1. The van der Waals surface area contributed by atoms with Gasteiger partial charge in [-0.05, 0) is 42.0 Å². The van der Waals surface area contributed by atoms with Crippen LogP contribution < -0.4 is 5.73 Å². The first kappa shape index (κ1) is 13.3. The normalized spacial score (nSPS) is 10.8. The van der Waals surface area contributed by atoms with Gasteiger partial charge in [-0.15, -0.1) is 0 Å². The zero-order valence-corrected chi connectivity index (χ0v) is 11.3. The second kappa shape index (κ2) is 5.01. The average molecular weight is 285 g/mol. The number of hydrogen-bond acceptors (Lipinski definition) is 2. The van der Waals surface area contributed by atoms with E-state index in [9.17, 15) is 8.78 Å². The van der Waals surface area contributed by atoms with Gasteiger partial charge in [-0.3, -0.25) is 4.68 Å². The van der Waals surface area contributed by atoms with Crippen molar-refractivity contribution in [2.24, 2.45) is 7.05 Å². The highest BCUT2D eigenvalue weighted by Gasteiger charge is 2.17. The van der Waals surface area contributed by atoms with Crippen molar-refractivity contribution in [2.45, 2.75) is 0 Å². The number of nitrogen functional groups attached to an aromatic ring is 1. The molecule has 0 saturated carbocycles. The maximum atomic E-state index is 13.1. The van der Waals surface area contributed by atoms with Crippen molar-refractivity contribution in [3.05, 3.63) is 60.2 Å². The summed E-state index contributed by atoms with van der Waals surface area (Å²) in [6.45, 7) is 0. The molecule has 0 fully saturated rings. The highest BCUT2D eigenvalue weighted by Crippen LogP contribution is 2.35. The molecule has 0 spiro atoms. The van der Waals surface area contributed by atoms with E-state index in [0.29, 0.717) is 17.1 Å². The Morgan fingerprint density at radius 1 is 0.857 bits per heavy atom. The van der Waals surface area contributed by atoms with Gasteiger partial charge >= 0.3 is 0 Å². The third-order valence-corrected chi connectivity index (χ3v) is 3.34. The van der Waals surface area contributed by atoms with Crippen LogP contribution >= 0.6 is 0 Å². The monoisotopic (exact) mass is 285 g/mol. The van der Waals surface area contributed by atoms with E-state index < -0.39 is 0 Å². The van der Waals surface area contributed by atoms with E-state index in [4.69, 9.17) is 5.73 Å². The second-order valence-electron chi connectivity index (χ2n) is 4.75. The summed E-state index contributed by atoms with van der Waals surface area (Å²) in [6.07, 6.45) is 0. The van der Waals surface area contributed by atoms with E-state index >= 15 is 0 Å². The number of hydrogen-bond donors (Lipinski definition) is 1. The number of nitrogens with zero attached hydrogens (tertiary/aromatic N) is 2. The Morgan fingerprint density at radius 2 is 1.33 bits per heavy atom. The molecule has 3 aromatic rings. The molecular weight excluding hydrogens is 272 g/mol. The van der Waals surface area contributed by atoms with E-state index in [-0.39, 0.29) is 11.6 Å². The van der Waals surface area contributed by atoms with Crippen LogP contribution in [0.5, 0.6) is 0 Å². The van der Waals surface area contributed by atoms with Crippen molar-refractivity contribution in [1.82, 2.24) is 9.78 Å². The molecule has 5 heteroatoms. The highest BCUT2D eigenvalue weighted by molar-refractivity contribution is 5.88. The number of benzene rings is 2. The molecule has 1 heterocycles. The summed E-state index contributed by atoms with van der Waals surface area (Å²) in [6, 6.07) is 12.1. The van der Waals surface area contributed by atoms with E-state index in [1.165, 1.54) is 24.3 Å². The fourth-order valence-corrected chi connectivity index (χ4v) is 2.25. The van der Waals surface area contributed by atoms with Crippen molar-refractivity contribution >= 4 is 5.82 Å². The minimum atomic E-state index is -0.315. The molecule has 1 aromatic heterocycles. The molecule has 2 N–H and O–H groups in total. The molecular formula is C16H13F2N3. The van der Waals surface area contributed by atoms with Gasteiger partial charge in [0.1, 0.15) is 23.1 Å². The van der Waals surface area contributed by atoms with Gasteiger partial charge in [-0.1, -0.05) is 12.1 Å². The Bertz CT molecular complexity index is 775. The van der Waals surface area contributed by atoms with Crippen LogP contribution in [0.3, 0.4) is 0 Å². The second-order valence-corrected chi connectivity index (χ2v) is 4.75. The summed E-state index contributed by atoms with van der Waals surface area (Å²) in [5.74, 6) is -0.156. The molecule has 0 aliphatic carbocycles. The summed E-state index contributed by atoms with van der Waals surface area (Å²) in [5, 5.41) is 4.38. The van der Waals surface area contributed by atoms with Crippen LogP contribution in [0.4, 0.5) is 14.6 Å². The minimum absolute atomic E-state index is 0.314. The lowest BCUT2D eigenvalue weighted by atomic mass is 10.0. The third-order valence-electron chi connectivity index (χ3n) is 3.34. The summed E-state index contributed by atoms with van der Waals surface area (Å²) in [7, 11) is 1.73. The van der Waals surface area contributed by atoms with Crippen molar-refractivity contribution < 1.29 is 8.78 Å². The Kier molecular flexibility index (Phi) is 3.17. The van der Waals surface area contributed by atoms with Gasteiger partial charge in [-0.2, -0.15) is 5.10 Å². The van der Waals surface area contributed by atoms with Crippen molar-refractivity contribution in [2.75, 3.05) is 5.73 Å². The van der Waals surface area contributed by atoms with Gasteiger partial charge in [0, 0.05) is 12.6 Å². The molecule has 0 aliphatic heterocycles. The Hall–Kier alpha value is -2.69. The van der Waals surface area contributed by atoms with Crippen LogP contribution in [-0.2, 0) is 7.05 Å². The van der Waals surface area contributed by atoms with Crippen molar-refractivity contribution in [3.8, 4) is 22.4 Å². The lowest BCUT2D eigenvalue weighted by Gasteiger charge is -2.04. The molecule has 0 bridgehead atoms. The molecule has 0 aliphatic rings. The van der Waals surface area contributed by atoms with Gasteiger partial charge in [0.25, 0.3) is 0 Å². The maximum absolute atomic E-state index is 13.1. The number of rotatable bonds is 2. The first-order valence-electron chi connectivity index (χ1n) is 6.40. The standard InChI is InChI=1S/C16H13F2N3/c1-21-16(19)14(10-2-6-12(17)7-3-10)15(20-21)11-4-8-13(18)9-5-11/h2-9H,19H2,1H3. The van der Waals surface area contributed by atoms with Crippen LogP contribution in [0.25, 0.3) is 22.4 Å². The number of aromatic nitrogens is 2. The zero-order chi connectivity index (χ0) is 15.0. The molecule has 3 rings (SSSR count). The predicted octanol–water partition coefficient (Wildman–Crippen LogP) is 3.61. The molecule has 2 aromatic carbocycles. The Labute approximate surface area is 120 Å². The van der Waals surface area contributed by atoms with Crippen molar-refractivity contribution in [3.63, 3.8) is 0 Å². The number of halogens is 2. The molecule has 0 saturated heterocycles. The van der Waals surface area contributed by atoms with Gasteiger partial charge in [0.2, 0.25) is 0 Å². The lowest BCUT2D eigenvalue weighted by Crippen LogP contribution is -1.97.